The molecule has 4 aromatic rings. The van der Waals surface area contributed by atoms with Crippen LogP contribution in [0.25, 0.3) is 0 Å². The summed E-state index contributed by atoms with van der Waals surface area (Å²) in [6.45, 7) is 10.8. The Morgan fingerprint density at radius 1 is 0.970 bits per heavy atom. The van der Waals surface area contributed by atoms with Crippen molar-refractivity contribution in [2.45, 2.75) is 47.8 Å². The smallest absolute Gasteiger partial charge is 0.291 e. The average molecular weight is 444 g/mol. The van der Waals surface area contributed by atoms with E-state index in [1.165, 1.54) is 5.56 Å². The summed E-state index contributed by atoms with van der Waals surface area (Å²) in [7, 11) is 0. The number of hydrogen-bond acceptors (Lipinski definition) is 4. The monoisotopic (exact) mass is 443 g/mol. The lowest BCUT2D eigenvalue weighted by molar-refractivity contribution is 0.0992. The van der Waals surface area contributed by atoms with Gasteiger partial charge in [0.15, 0.2) is 5.76 Å². The zero-order chi connectivity index (χ0) is 23.5. The molecule has 2 heterocycles. The van der Waals surface area contributed by atoms with E-state index in [4.69, 9.17) is 9.15 Å². The first-order valence-corrected chi connectivity index (χ1v) is 11.0. The maximum absolute atomic E-state index is 12.8. The normalized spacial score (nSPS) is 10.9. The Bertz CT molecular complexity index is 1280. The Kier molecular flexibility index (Phi) is 6.36. The number of ether oxygens (including phenoxy) is 1. The van der Waals surface area contributed by atoms with Crippen LogP contribution in [0, 0.1) is 34.6 Å². The van der Waals surface area contributed by atoms with Crippen molar-refractivity contribution < 1.29 is 13.9 Å². The second-order valence-corrected chi connectivity index (χ2v) is 8.47. The minimum absolute atomic E-state index is 0.236. The molecule has 0 fully saturated rings. The van der Waals surface area contributed by atoms with E-state index in [1.54, 1.807) is 12.1 Å². The van der Waals surface area contributed by atoms with Crippen LogP contribution in [0.4, 0.5) is 5.69 Å². The summed E-state index contributed by atoms with van der Waals surface area (Å²) in [5, 5.41) is 7.57. The van der Waals surface area contributed by atoms with Gasteiger partial charge in [0.2, 0.25) is 0 Å². The molecule has 4 rings (SSSR count). The molecule has 0 aliphatic rings. The molecule has 0 saturated heterocycles. The van der Waals surface area contributed by atoms with Gasteiger partial charge in [0, 0.05) is 0 Å². The summed E-state index contributed by atoms with van der Waals surface area (Å²) in [6.07, 6.45) is 0. The molecule has 1 N–H and O–H groups in total. The Labute approximate surface area is 194 Å². The quantitative estimate of drug-likeness (QED) is 0.386. The highest BCUT2D eigenvalue weighted by atomic mass is 16.5. The van der Waals surface area contributed by atoms with Crippen LogP contribution >= 0.6 is 0 Å². The summed E-state index contributed by atoms with van der Waals surface area (Å²) in [5.74, 6) is 1.32. The third kappa shape index (κ3) is 5.17. The van der Waals surface area contributed by atoms with Gasteiger partial charge in [0.25, 0.3) is 5.91 Å². The Balaban J connectivity index is 1.42. The minimum Gasteiger partial charge on any atom is -0.485 e. The zero-order valence-corrected chi connectivity index (χ0v) is 19.7. The van der Waals surface area contributed by atoms with Crippen molar-refractivity contribution in [2.24, 2.45) is 0 Å². The summed E-state index contributed by atoms with van der Waals surface area (Å²) in [5.41, 5.74) is 6.92. The first-order valence-electron chi connectivity index (χ1n) is 11.0. The van der Waals surface area contributed by atoms with Gasteiger partial charge in [-0.2, -0.15) is 5.10 Å². The molecule has 6 nitrogen and oxygen atoms in total. The van der Waals surface area contributed by atoms with E-state index in [0.29, 0.717) is 18.0 Å². The van der Waals surface area contributed by atoms with E-state index in [0.717, 1.165) is 33.8 Å². The Morgan fingerprint density at radius 3 is 2.45 bits per heavy atom. The molecular weight excluding hydrogens is 414 g/mol. The fourth-order valence-electron chi connectivity index (χ4n) is 3.66. The van der Waals surface area contributed by atoms with Crippen molar-refractivity contribution in [3.05, 3.63) is 99.8 Å². The maximum atomic E-state index is 12.8. The number of nitrogens with one attached hydrogen (secondary N) is 1. The summed E-state index contributed by atoms with van der Waals surface area (Å²) < 4.78 is 13.5. The average Bonchev–Trinajstić information content (AvgIpc) is 3.36. The molecule has 0 bridgehead atoms. The SMILES string of the molecule is Cc1ccc(Cn2nc(C)c(NC(=O)c3ccc(COc4cc(C)ccc4C)o3)c2C)cc1. The van der Waals surface area contributed by atoms with Crippen molar-refractivity contribution in [1.82, 2.24) is 9.78 Å². The highest BCUT2D eigenvalue weighted by Crippen LogP contribution is 2.23. The van der Waals surface area contributed by atoms with Crippen molar-refractivity contribution >= 4 is 11.6 Å². The van der Waals surface area contributed by atoms with Gasteiger partial charge in [-0.15, -0.1) is 0 Å². The topological polar surface area (TPSA) is 69.3 Å². The van der Waals surface area contributed by atoms with Crippen LogP contribution in [0.5, 0.6) is 5.75 Å². The Morgan fingerprint density at radius 2 is 1.70 bits per heavy atom. The fraction of sp³-hybridized carbons (Fsp3) is 0.259. The van der Waals surface area contributed by atoms with Gasteiger partial charge in [0.1, 0.15) is 18.1 Å². The molecule has 0 spiro atoms. The van der Waals surface area contributed by atoms with E-state index in [1.807, 2.05) is 50.6 Å². The Hall–Kier alpha value is -3.80. The van der Waals surface area contributed by atoms with Crippen LogP contribution in [-0.2, 0) is 13.2 Å². The first-order chi connectivity index (χ1) is 15.8. The number of benzene rings is 2. The molecule has 170 valence electrons. The van der Waals surface area contributed by atoms with Gasteiger partial charge in [-0.3, -0.25) is 9.48 Å². The molecule has 2 aromatic heterocycles. The summed E-state index contributed by atoms with van der Waals surface area (Å²) in [4.78, 5) is 12.8. The van der Waals surface area contributed by atoms with Crippen LogP contribution in [0.1, 0.15) is 50.0 Å². The molecule has 0 radical (unpaired) electrons. The molecule has 0 saturated carbocycles. The van der Waals surface area contributed by atoms with E-state index in [-0.39, 0.29) is 18.3 Å². The second-order valence-electron chi connectivity index (χ2n) is 8.47. The highest BCUT2D eigenvalue weighted by Gasteiger charge is 2.18. The molecule has 0 aliphatic heterocycles. The number of aromatic nitrogens is 2. The van der Waals surface area contributed by atoms with Gasteiger partial charge < -0.3 is 14.5 Å². The zero-order valence-electron chi connectivity index (χ0n) is 19.7. The molecular formula is C27H29N3O3. The second kappa shape index (κ2) is 9.36. The van der Waals surface area contributed by atoms with Gasteiger partial charge in [-0.1, -0.05) is 42.0 Å². The summed E-state index contributed by atoms with van der Waals surface area (Å²) in [6, 6.07) is 17.8. The molecule has 33 heavy (non-hydrogen) atoms. The van der Waals surface area contributed by atoms with Crippen molar-refractivity contribution in [3.8, 4) is 5.75 Å². The van der Waals surface area contributed by atoms with Crippen LogP contribution in [0.2, 0.25) is 0 Å². The third-order valence-electron chi connectivity index (χ3n) is 5.67. The van der Waals surface area contributed by atoms with Crippen LogP contribution in [0.3, 0.4) is 0 Å². The van der Waals surface area contributed by atoms with Crippen LogP contribution in [0.15, 0.2) is 59.0 Å². The predicted molar refractivity (Wildman–Crippen MR) is 129 cm³/mol. The summed E-state index contributed by atoms with van der Waals surface area (Å²) >= 11 is 0. The molecule has 0 unspecified atom stereocenters. The van der Waals surface area contributed by atoms with E-state index < -0.39 is 0 Å². The number of aryl methyl sites for hydroxylation is 4. The van der Waals surface area contributed by atoms with Crippen LogP contribution in [-0.4, -0.2) is 15.7 Å². The number of carbonyl (C=O) groups excluding carboxylic acids is 1. The number of anilines is 1. The molecule has 1 amide bonds. The number of furan rings is 1. The lowest BCUT2D eigenvalue weighted by Crippen LogP contribution is -2.12. The standard InChI is InChI=1S/C27H29N3O3/c1-17-7-10-22(11-8-17)15-30-21(5)26(20(4)29-30)28-27(31)24-13-12-23(33-24)16-32-25-14-18(2)6-9-19(25)3/h6-14H,15-16H2,1-5H3,(H,28,31). The van der Waals surface area contributed by atoms with E-state index in [2.05, 4.69) is 41.6 Å². The predicted octanol–water partition coefficient (Wildman–Crippen LogP) is 5.90. The minimum atomic E-state index is -0.311. The lowest BCUT2D eigenvalue weighted by atomic mass is 10.1. The fourth-order valence-corrected chi connectivity index (χ4v) is 3.66. The van der Waals surface area contributed by atoms with Crippen molar-refractivity contribution in [1.29, 1.82) is 0 Å². The number of hydrogen-bond donors (Lipinski definition) is 1. The number of nitrogens with zero attached hydrogens (tertiary/aromatic N) is 2. The maximum Gasteiger partial charge on any atom is 0.291 e. The number of rotatable bonds is 7. The largest absolute Gasteiger partial charge is 0.485 e. The van der Waals surface area contributed by atoms with Crippen molar-refractivity contribution in [3.63, 3.8) is 0 Å². The van der Waals surface area contributed by atoms with Gasteiger partial charge in [-0.05, 0) is 69.5 Å². The molecule has 0 aliphatic carbocycles. The van der Waals surface area contributed by atoms with Crippen LogP contribution < -0.4 is 10.1 Å². The van der Waals surface area contributed by atoms with Gasteiger partial charge >= 0.3 is 0 Å². The van der Waals surface area contributed by atoms with E-state index in [9.17, 15) is 4.79 Å². The molecule has 6 heteroatoms. The highest BCUT2D eigenvalue weighted by molar-refractivity contribution is 6.02. The van der Waals surface area contributed by atoms with Gasteiger partial charge in [0.05, 0.1) is 23.6 Å². The van der Waals surface area contributed by atoms with E-state index >= 15 is 0 Å². The van der Waals surface area contributed by atoms with Gasteiger partial charge in [-0.25, -0.2) is 0 Å². The van der Waals surface area contributed by atoms with Crippen molar-refractivity contribution in [2.75, 3.05) is 5.32 Å². The number of amides is 1. The lowest BCUT2D eigenvalue weighted by Gasteiger charge is -2.08. The number of carbonyl (C=O) groups is 1. The third-order valence-corrected chi connectivity index (χ3v) is 5.67. The molecule has 0 atom stereocenters. The first kappa shape index (κ1) is 22.4. The molecule has 2 aromatic carbocycles.